The molecule has 0 radical (unpaired) electrons. The van der Waals surface area contributed by atoms with E-state index in [-0.39, 0.29) is 6.09 Å². The number of rotatable bonds is 7. The Morgan fingerprint density at radius 1 is 0.806 bits per heavy atom. The van der Waals surface area contributed by atoms with Crippen molar-refractivity contribution in [2.45, 2.75) is 32.8 Å². The standard InChI is InChI=1S/C26H31BrNO2P/c1-26(2,3)30-25(29)28-20-13-21-31(27,22-14-7-4-8-15-22,23-16-9-5-10-17-23)24-18-11-6-12-19-24/h4-12,14-19H,13,20-21H2,1-3H3,(H,28,29). The van der Waals surface area contributed by atoms with E-state index in [1.54, 1.807) is 0 Å². The fourth-order valence-electron chi connectivity index (χ4n) is 3.93. The zero-order chi connectivity index (χ0) is 22.4. The number of ether oxygens (including phenoxy) is 1. The second-order valence-corrected chi connectivity index (χ2v) is 17.8. The van der Waals surface area contributed by atoms with Crippen LogP contribution in [-0.2, 0) is 4.74 Å². The van der Waals surface area contributed by atoms with Crippen molar-refractivity contribution in [3.8, 4) is 0 Å². The van der Waals surface area contributed by atoms with Gasteiger partial charge in [0, 0.05) is 0 Å². The molecule has 0 heterocycles. The number of halogens is 1. The normalized spacial score (nSPS) is 13.1. The van der Waals surface area contributed by atoms with Crippen LogP contribution in [0.15, 0.2) is 91.0 Å². The molecule has 3 nitrogen and oxygen atoms in total. The van der Waals surface area contributed by atoms with Gasteiger partial charge in [-0.25, -0.2) is 0 Å². The fourth-order valence-corrected chi connectivity index (χ4v) is 11.6. The molecule has 0 bridgehead atoms. The average Bonchev–Trinajstić information content (AvgIpc) is 2.77. The minimum atomic E-state index is -2.94. The molecular weight excluding hydrogens is 469 g/mol. The summed E-state index contributed by atoms with van der Waals surface area (Å²) >= 11 is 4.42. The third kappa shape index (κ3) is 5.19. The third-order valence-corrected chi connectivity index (χ3v) is 15.3. The summed E-state index contributed by atoms with van der Waals surface area (Å²) in [7, 11) is 0. The van der Waals surface area contributed by atoms with Gasteiger partial charge in [-0.05, 0) is 0 Å². The van der Waals surface area contributed by atoms with Crippen LogP contribution in [0.1, 0.15) is 27.2 Å². The van der Waals surface area contributed by atoms with Crippen LogP contribution in [0.25, 0.3) is 0 Å². The van der Waals surface area contributed by atoms with Gasteiger partial charge in [-0.15, -0.1) is 0 Å². The van der Waals surface area contributed by atoms with Crippen molar-refractivity contribution in [1.82, 2.24) is 5.32 Å². The number of nitrogens with one attached hydrogen (secondary N) is 1. The van der Waals surface area contributed by atoms with Gasteiger partial charge in [0.25, 0.3) is 0 Å². The zero-order valence-electron chi connectivity index (χ0n) is 18.4. The molecule has 0 fully saturated rings. The summed E-state index contributed by atoms with van der Waals surface area (Å²) in [6.07, 6.45) is 1.31. The van der Waals surface area contributed by atoms with Gasteiger partial charge in [0.2, 0.25) is 0 Å². The summed E-state index contributed by atoms with van der Waals surface area (Å²) in [4.78, 5) is 12.1. The van der Waals surface area contributed by atoms with Gasteiger partial charge in [0.05, 0.1) is 0 Å². The number of carbonyl (C=O) groups is 1. The molecule has 0 atom stereocenters. The van der Waals surface area contributed by atoms with E-state index in [2.05, 4.69) is 112 Å². The van der Waals surface area contributed by atoms with Crippen LogP contribution in [-0.4, -0.2) is 24.4 Å². The van der Waals surface area contributed by atoms with Crippen molar-refractivity contribution in [3.63, 3.8) is 0 Å². The summed E-state index contributed by atoms with van der Waals surface area (Å²) in [5.41, 5.74) is -0.503. The fraction of sp³-hybridized carbons (Fsp3) is 0.269. The summed E-state index contributed by atoms with van der Waals surface area (Å²) in [6, 6.07) is 32.1. The molecule has 0 unspecified atom stereocenters. The molecule has 3 rings (SSSR count). The van der Waals surface area contributed by atoms with E-state index in [4.69, 9.17) is 4.74 Å². The van der Waals surface area contributed by atoms with E-state index in [9.17, 15) is 4.79 Å². The zero-order valence-corrected chi connectivity index (χ0v) is 20.9. The number of hydrogen-bond donors (Lipinski definition) is 1. The molecule has 0 aliphatic heterocycles. The van der Waals surface area contributed by atoms with E-state index in [0.717, 1.165) is 12.6 Å². The second kappa shape index (κ2) is 9.54. The third-order valence-electron chi connectivity index (χ3n) is 5.31. The van der Waals surface area contributed by atoms with Crippen molar-refractivity contribution < 1.29 is 9.53 Å². The first-order valence-corrected chi connectivity index (χ1v) is 15.0. The van der Waals surface area contributed by atoms with Crippen molar-refractivity contribution in [2.75, 3.05) is 12.7 Å². The van der Waals surface area contributed by atoms with Crippen LogP contribution in [0.3, 0.4) is 0 Å². The summed E-state index contributed by atoms with van der Waals surface area (Å²) in [5, 5.41) is 3.83. The van der Waals surface area contributed by atoms with Crippen LogP contribution >= 0.6 is 20.8 Å². The van der Waals surface area contributed by atoms with E-state index < -0.39 is 10.9 Å². The Balaban J connectivity index is 2.00. The molecule has 5 heteroatoms. The topological polar surface area (TPSA) is 38.3 Å². The summed E-state index contributed by atoms with van der Waals surface area (Å²) < 4.78 is 5.40. The van der Waals surface area contributed by atoms with Gasteiger partial charge in [-0.3, -0.25) is 0 Å². The average molecular weight is 500 g/mol. The Kier molecular flexibility index (Phi) is 7.24. The summed E-state index contributed by atoms with van der Waals surface area (Å²) in [5.74, 6) is 0. The molecular formula is C26H31BrNO2P. The van der Waals surface area contributed by atoms with Crippen LogP contribution in [0.5, 0.6) is 0 Å². The van der Waals surface area contributed by atoms with Crippen LogP contribution in [0, 0.1) is 0 Å². The summed E-state index contributed by atoms with van der Waals surface area (Å²) in [6.45, 7) is 6.16. The van der Waals surface area contributed by atoms with E-state index >= 15 is 0 Å². The van der Waals surface area contributed by atoms with Crippen molar-refractivity contribution in [3.05, 3.63) is 91.0 Å². The Morgan fingerprint density at radius 2 is 1.19 bits per heavy atom. The molecule has 0 aromatic heterocycles. The number of amides is 1. The number of alkyl carbamates (subject to hydrolysis) is 1. The Bertz CT molecular complexity index is 889. The van der Waals surface area contributed by atoms with Gasteiger partial charge in [-0.2, -0.15) is 0 Å². The van der Waals surface area contributed by atoms with E-state index in [1.807, 2.05) is 20.8 Å². The Hall–Kier alpha value is -2.16. The first kappa shape index (κ1) is 23.5. The van der Waals surface area contributed by atoms with E-state index in [1.165, 1.54) is 15.9 Å². The van der Waals surface area contributed by atoms with Gasteiger partial charge in [-0.1, -0.05) is 0 Å². The van der Waals surface area contributed by atoms with Gasteiger partial charge in [0.1, 0.15) is 0 Å². The number of hydrogen-bond acceptors (Lipinski definition) is 2. The molecule has 0 aliphatic rings. The minimum absolute atomic E-state index is 0.374. The second-order valence-electron chi connectivity index (χ2n) is 8.70. The quantitative estimate of drug-likeness (QED) is 0.332. The first-order valence-electron chi connectivity index (χ1n) is 10.6. The maximum atomic E-state index is 12.1. The molecule has 0 saturated heterocycles. The number of carbonyl (C=O) groups excluding carboxylic acids is 1. The monoisotopic (exact) mass is 499 g/mol. The Labute approximate surface area is 193 Å². The van der Waals surface area contributed by atoms with Crippen molar-refractivity contribution in [2.24, 2.45) is 0 Å². The maximum absolute atomic E-state index is 12.1. The molecule has 0 saturated carbocycles. The van der Waals surface area contributed by atoms with Gasteiger partial charge in [0.15, 0.2) is 0 Å². The molecule has 31 heavy (non-hydrogen) atoms. The van der Waals surface area contributed by atoms with Gasteiger partial charge >= 0.3 is 194 Å². The molecule has 0 aliphatic carbocycles. The van der Waals surface area contributed by atoms with Gasteiger partial charge < -0.3 is 0 Å². The molecule has 3 aromatic rings. The predicted octanol–water partition coefficient (Wildman–Crippen LogP) is 5.74. The van der Waals surface area contributed by atoms with E-state index in [0.29, 0.717) is 6.54 Å². The molecule has 0 spiro atoms. The molecule has 1 N–H and O–H groups in total. The van der Waals surface area contributed by atoms with Crippen LogP contribution in [0.4, 0.5) is 4.79 Å². The predicted molar refractivity (Wildman–Crippen MR) is 138 cm³/mol. The molecule has 1 amide bonds. The first-order chi connectivity index (χ1) is 14.7. The SMILES string of the molecule is CC(C)(C)OC(=O)NCCCP(Br)(c1ccccc1)(c1ccccc1)c1ccccc1. The van der Waals surface area contributed by atoms with Crippen LogP contribution in [0.2, 0.25) is 0 Å². The van der Waals surface area contributed by atoms with Crippen molar-refractivity contribution >= 4 is 42.8 Å². The van der Waals surface area contributed by atoms with Crippen molar-refractivity contribution in [1.29, 1.82) is 0 Å². The molecule has 3 aromatic carbocycles. The number of benzene rings is 3. The Morgan fingerprint density at radius 3 is 1.55 bits per heavy atom. The molecule has 164 valence electrons. The van der Waals surface area contributed by atoms with Crippen LogP contribution < -0.4 is 21.2 Å².